The molecule has 0 amide bonds. The number of rotatable bonds is 0. The Morgan fingerprint density at radius 1 is 1.44 bits per heavy atom. The van der Waals surface area contributed by atoms with Gasteiger partial charge in [0.2, 0.25) is 0 Å². The summed E-state index contributed by atoms with van der Waals surface area (Å²) in [7, 11) is 0. The number of aromatic amines is 1. The normalized spacial score (nSPS) is 20.6. The van der Waals surface area contributed by atoms with Crippen LogP contribution in [0.25, 0.3) is 0 Å². The van der Waals surface area contributed by atoms with Gasteiger partial charge in [0.05, 0.1) is 6.10 Å². The minimum absolute atomic E-state index is 0.0718. The topological polar surface area (TPSA) is 60.9 Å². The van der Waals surface area contributed by atoms with E-state index in [0.29, 0.717) is 0 Å². The average molecular weight is 251 g/mol. The molecule has 4 nitrogen and oxygen atoms in total. The fourth-order valence-electron chi connectivity index (χ4n) is 1.68. The third-order valence-electron chi connectivity index (χ3n) is 2.29. The van der Waals surface area contributed by atoms with Crippen LogP contribution < -0.4 is 5.32 Å². The highest BCUT2D eigenvalue weighted by Crippen LogP contribution is 2.35. The van der Waals surface area contributed by atoms with Crippen molar-refractivity contribution in [1.82, 2.24) is 15.3 Å². The van der Waals surface area contributed by atoms with Crippen molar-refractivity contribution in [3.63, 3.8) is 0 Å². The van der Waals surface area contributed by atoms with E-state index in [2.05, 4.69) is 27.5 Å². The molecule has 3 N–H and O–H groups in total. The Balaban J connectivity index is 2.68. The Labute approximate surface area is 93.5 Å². The highest BCUT2D eigenvalue weighted by Gasteiger charge is 2.39. The van der Waals surface area contributed by atoms with Gasteiger partial charge in [0.1, 0.15) is 0 Å². The average Bonchev–Trinajstić information content (AvgIpc) is 2.15. The van der Waals surface area contributed by atoms with Crippen LogP contribution >= 0.6 is 12.2 Å². The number of hydrogen-bond donors (Lipinski definition) is 3. The van der Waals surface area contributed by atoms with E-state index >= 15 is 0 Å². The lowest BCUT2D eigenvalue weighted by atomic mass is 10.0. The maximum atomic E-state index is 12.7. The number of β-amino-alcohol motifs (C(OH)–C–C–N with tert-alkyl or cyclic N) is 1. The molecule has 0 aliphatic carbocycles. The molecule has 1 aromatic rings. The van der Waals surface area contributed by atoms with Gasteiger partial charge in [-0.1, -0.05) is 0 Å². The number of aromatic nitrogens is 2. The number of aliphatic hydroxyl groups excluding tert-OH is 1. The predicted molar refractivity (Wildman–Crippen MR) is 51.1 cm³/mol. The van der Waals surface area contributed by atoms with Gasteiger partial charge in [0.25, 0.3) is 0 Å². The number of nitrogens with one attached hydrogen (secondary N) is 2. The van der Waals surface area contributed by atoms with E-state index in [1.54, 1.807) is 0 Å². The molecule has 0 fully saturated rings. The molecule has 0 bridgehead atoms. The highest BCUT2D eigenvalue weighted by molar-refractivity contribution is 7.71. The minimum Gasteiger partial charge on any atom is -0.387 e. The number of hydrogen-bond acceptors (Lipinski definition) is 4. The van der Waals surface area contributed by atoms with Crippen LogP contribution in [0.2, 0.25) is 0 Å². The quantitative estimate of drug-likeness (QED) is 0.608. The van der Waals surface area contributed by atoms with Gasteiger partial charge in [-0.3, -0.25) is 0 Å². The number of aliphatic hydroxyl groups is 1. The van der Waals surface area contributed by atoms with E-state index in [-0.39, 0.29) is 29.1 Å². The summed E-state index contributed by atoms with van der Waals surface area (Å²) in [5, 5.41) is 12.3. The number of fused-ring (bicyclic) bond motifs is 1. The first kappa shape index (κ1) is 11.5. The molecular weight excluding hydrogens is 243 g/mol. The van der Waals surface area contributed by atoms with Gasteiger partial charge in [0.15, 0.2) is 10.5 Å². The van der Waals surface area contributed by atoms with Gasteiger partial charge in [-0.25, -0.2) is 4.98 Å². The largest absolute Gasteiger partial charge is 0.433 e. The second-order valence-corrected chi connectivity index (χ2v) is 3.81. The van der Waals surface area contributed by atoms with Crippen LogP contribution in [0.4, 0.5) is 13.2 Å². The van der Waals surface area contributed by atoms with Gasteiger partial charge in [-0.2, -0.15) is 13.2 Å². The van der Waals surface area contributed by atoms with E-state index < -0.39 is 18.0 Å². The Hall–Kier alpha value is -0.990. The number of nitrogens with zero attached hydrogens (tertiary/aromatic N) is 1. The number of H-pyrrole nitrogens is 1. The molecule has 2 heterocycles. The standard InChI is InChI=1S/C8H8F3N3OS/c9-8(10,11)6-5-3(13-7(16)14-6)1-12-2-4(5)15/h4,12,15H,1-2H2,(H,13,14,16). The third kappa shape index (κ3) is 1.95. The molecule has 1 aliphatic heterocycles. The number of alkyl halides is 3. The van der Waals surface area contributed by atoms with Gasteiger partial charge < -0.3 is 15.4 Å². The fourth-order valence-corrected chi connectivity index (χ4v) is 1.89. The first-order valence-electron chi connectivity index (χ1n) is 4.48. The molecule has 88 valence electrons. The van der Waals surface area contributed by atoms with Gasteiger partial charge in [0, 0.05) is 24.3 Å². The molecule has 1 aromatic heterocycles. The van der Waals surface area contributed by atoms with Crippen LogP contribution in [0.1, 0.15) is 23.1 Å². The van der Waals surface area contributed by atoms with Crippen LogP contribution in [-0.2, 0) is 12.7 Å². The highest BCUT2D eigenvalue weighted by atomic mass is 32.1. The zero-order valence-electron chi connectivity index (χ0n) is 7.93. The lowest BCUT2D eigenvalue weighted by Crippen LogP contribution is -2.32. The molecule has 1 aliphatic rings. The first-order chi connectivity index (χ1) is 7.39. The van der Waals surface area contributed by atoms with E-state index in [1.165, 1.54) is 0 Å². The van der Waals surface area contributed by atoms with E-state index in [0.717, 1.165) is 0 Å². The zero-order valence-corrected chi connectivity index (χ0v) is 8.74. The second-order valence-electron chi connectivity index (χ2n) is 3.43. The summed E-state index contributed by atoms with van der Waals surface area (Å²) in [6.07, 6.45) is -5.83. The SMILES string of the molecule is OC1CNCc2[nH]c(=S)nc(C(F)(F)F)c21. The number of halogens is 3. The van der Waals surface area contributed by atoms with Crippen LogP contribution in [0.15, 0.2) is 0 Å². The Bertz CT molecular complexity index is 471. The lowest BCUT2D eigenvalue weighted by Gasteiger charge is -2.24. The molecule has 0 spiro atoms. The fraction of sp³-hybridized carbons (Fsp3) is 0.500. The molecule has 1 atom stereocenters. The van der Waals surface area contributed by atoms with Crippen molar-refractivity contribution in [3.05, 3.63) is 21.7 Å². The Kier molecular flexibility index (Phi) is 2.72. The second kappa shape index (κ2) is 3.79. The van der Waals surface area contributed by atoms with Gasteiger partial charge in [-0.05, 0) is 12.2 Å². The molecule has 1 unspecified atom stereocenters. The molecule has 2 rings (SSSR count). The molecule has 0 aromatic carbocycles. The van der Waals surface area contributed by atoms with Crippen molar-refractivity contribution < 1.29 is 18.3 Å². The summed E-state index contributed by atoms with van der Waals surface area (Å²) >= 11 is 4.62. The molecular formula is C8H8F3N3OS. The summed E-state index contributed by atoms with van der Waals surface area (Å²) < 4.78 is 37.8. The first-order valence-corrected chi connectivity index (χ1v) is 4.89. The molecule has 8 heteroatoms. The zero-order chi connectivity index (χ0) is 11.9. The maximum Gasteiger partial charge on any atom is 0.433 e. The summed E-state index contributed by atoms with van der Waals surface area (Å²) in [6, 6.07) is 0. The van der Waals surface area contributed by atoms with Crippen LogP contribution in [0, 0.1) is 4.77 Å². The van der Waals surface area contributed by atoms with E-state index in [4.69, 9.17) is 0 Å². The molecule has 0 saturated carbocycles. The molecule has 16 heavy (non-hydrogen) atoms. The van der Waals surface area contributed by atoms with Gasteiger partial charge >= 0.3 is 6.18 Å². The summed E-state index contributed by atoms with van der Waals surface area (Å²) in [4.78, 5) is 5.81. The third-order valence-corrected chi connectivity index (χ3v) is 2.49. The van der Waals surface area contributed by atoms with Gasteiger partial charge in [-0.15, -0.1) is 0 Å². The minimum atomic E-state index is -4.61. The van der Waals surface area contributed by atoms with Crippen molar-refractivity contribution in [2.75, 3.05) is 6.54 Å². The predicted octanol–water partition coefficient (Wildman–Crippen LogP) is 1.29. The summed E-state index contributed by atoms with van der Waals surface area (Å²) in [5.74, 6) is 0. The van der Waals surface area contributed by atoms with Crippen molar-refractivity contribution in [2.24, 2.45) is 0 Å². The Morgan fingerprint density at radius 3 is 2.75 bits per heavy atom. The van der Waals surface area contributed by atoms with Crippen molar-refractivity contribution in [1.29, 1.82) is 0 Å². The molecule has 0 radical (unpaired) electrons. The smallest absolute Gasteiger partial charge is 0.387 e. The van der Waals surface area contributed by atoms with Crippen LogP contribution in [0.5, 0.6) is 0 Å². The Morgan fingerprint density at radius 2 is 2.12 bits per heavy atom. The van der Waals surface area contributed by atoms with Crippen LogP contribution in [-0.4, -0.2) is 21.6 Å². The van der Waals surface area contributed by atoms with E-state index in [1.807, 2.05) is 0 Å². The summed E-state index contributed by atoms with van der Waals surface area (Å²) in [6.45, 7) is 0.282. The van der Waals surface area contributed by atoms with Crippen LogP contribution in [0.3, 0.4) is 0 Å². The van der Waals surface area contributed by atoms with Crippen molar-refractivity contribution in [3.8, 4) is 0 Å². The van der Waals surface area contributed by atoms with Crippen molar-refractivity contribution >= 4 is 12.2 Å². The van der Waals surface area contributed by atoms with E-state index in [9.17, 15) is 18.3 Å². The lowest BCUT2D eigenvalue weighted by molar-refractivity contribution is -0.143. The van der Waals surface area contributed by atoms with Crippen molar-refractivity contribution in [2.45, 2.75) is 18.8 Å². The summed E-state index contributed by atoms with van der Waals surface area (Å²) in [5.41, 5.74) is -1.06. The maximum absolute atomic E-state index is 12.7. The monoisotopic (exact) mass is 251 g/mol. The molecule has 0 saturated heterocycles.